The van der Waals surface area contributed by atoms with Crippen LogP contribution in [-0.2, 0) is 7.05 Å². The van der Waals surface area contributed by atoms with Crippen LogP contribution in [-0.4, -0.2) is 28.2 Å². The van der Waals surface area contributed by atoms with Gasteiger partial charge in [0.25, 0.3) is 5.91 Å². The van der Waals surface area contributed by atoms with Gasteiger partial charge in [0.15, 0.2) is 0 Å². The first-order valence-electron chi connectivity index (χ1n) is 4.72. The standard InChI is InChI=1S/C10H16N2O2/c1-3-8(7-13)11-10(14)9-5-4-6-12(9)2/h4-6,8,13H,3,7H2,1-2H3,(H,11,14)/t8-/m1/s1. The number of amides is 1. The van der Waals surface area contributed by atoms with E-state index in [2.05, 4.69) is 5.32 Å². The minimum absolute atomic E-state index is 0.0212. The van der Waals surface area contributed by atoms with Crippen LogP contribution in [0.25, 0.3) is 0 Å². The Morgan fingerprint density at radius 3 is 2.86 bits per heavy atom. The van der Waals surface area contributed by atoms with Gasteiger partial charge in [-0.05, 0) is 18.6 Å². The first-order chi connectivity index (χ1) is 6.69. The highest BCUT2D eigenvalue weighted by molar-refractivity contribution is 5.92. The van der Waals surface area contributed by atoms with E-state index in [-0.39, 0.29) is 18.6 Å². The van der Waals surface area contributed by atoms with Gasteiger partial charge in [-0.25, -0.2) is 0 Å². The maximum atomic E-state index is 11.6. The van der Waals surface area contributed by atoms with Crippen molar-refractivity contribution in [3.8, 4) is 0 Å². The van der Waals surface area contributed by atoms with Crippen molar-refractivity contribution < 1.29 is 9.90 Å². The molecule has 14 heavy (non-hydrogen) atoms. The van der Waals surface area contributed by atoms with Crippen LogP contribution in [0.3, 0.4) is 0 Å². The van der Waals surface area contributed by atoms with Crippen LogP contribution in [0.1, 0.15) is 23.8 Å². The molecule has 0 saturated heterocycles. The highest BCUT2D eigenvalue weighted by atomic mass is 16.3. The van der Waals surface area contributed by atoms with Crippen LogP contribution in [0, 0.1) is 0 Å². The fraction of sp³-hybridized carbons (Fsp3) is 0.500. The second kappa shape index (κ2) is 4.81. The average Bonchev–Trinajstić information content (AvgIpc) is 2.60. The average molecular weight is 196 g/mol. The highest BCUT2D eigenvalue weighted by Gasteiger charge is 2.12. The largest absolute Gasteiger partial charge is 0.394 e. The fourth-order valence-electron chi connectivity index (χ4n) is 1.23. The molecule has 78 valence electrons. The van der Waals surface area contributed by atoms with Crippen molar-refractivity contribution in [2.24, 2.45) is 7.05 Å². The number of carbonyl (C=O) groups excluding carboxylic acids is 1. The van der Waals surface area contributed by atoms with Crippen LogP contribution in [0.5, 0.6) is 0 Å². The zero-order chi connectivity index (χ0) is 10.6. The van der Waals surface area contributed by atoms with E-state index in [4.69, 9.17) is 5.11 Å². The zero-order valence-corrected chi connectivity index (χ0v) is 8.53. The molecule has 0 fully saturated rings. The van der Waals surface area contributed by atoms with Crippen molar-refractivity contribution in [3.63, 3.8) is 0 Å². The summed E-state index contributed by atoms with van der Waals surface area (Å²) in [7, 11) is 1.81. The van der Waals surface area contributed by atoms with Crippen molar-refractivity contribution in [2.75, 3.05) is 6.61 Å². The Kier molecular flexibility index (Phi) is 3.71. The van der Waals surface area contributed by atoms with Crippen molar-refractivity contribution in [1.29, 1.82) is 0 Å². The van der Waals surface area contributed by atoms with Gasteiger partial charge in [0.2, 0.25) is 0 Å². The SMILES string of the molecule is CC[C@H](CO)NC(=O)c1cccn1C. The van der Waals surface area contributed by atoms with Gasteiger partial charge in [0, 0.05) is 13.2 Å². The number of hydrogen-bond acceptors (Lipinski definition) is 2. The number of aliphatic hydroxyl groups is 1. The van der Waals surface area contributed by atoms with Crippen LogP contribution >= 0.6 is 0 Å². The Bertz CT molecular complexity index is 303. The molecule has 0 radical (unpaired) electrons. The first-order valence-corrected chi connectivity index (χ1v) is 4.72. The Morgan fingerprint density at radius 1 is 1.71 bits per heavy atom. The summed E-state index contributed by atoms with van der Waals surface area (Å²) >= 11 is 0. The molecule has 0 saturated carbocycles. The number of aromatic nitrogens is 1. The molecular formula is C10H16N2O2. The number of carbonyl (C=O) groups is 1. The van der Waals surface area contributed by atoms with Gasteiger partial charge < -0.3 is 15.0 Å². The van der Waals surface area contributed by atoms with E-state index >= 15 is 0 Å². The minimum Gasteiger partial charge on any atom is -0.394 e. The molecule has 1 rings (SSSR count). The van der Waals surface area contributed by atoms with E-state index in [1.165, 1.54) is 0 Å². The first kappa shape index (κ1) is 10.8. The van der Waals surface area contributed by atoms with Gasteiger partial charge in [-0.3, -0.25) is 4.79 Å². The maximum absolute atomic E-state index is 11.6. The summed E-state index contributed by atoms with van der Waals surface area (Å²) in [5, 5.41) is 11.7. The lowest BCUT2D eigenvalue weighted by atomic mass is 10.2. The number of aryl methyl sites for hydroxylation is 1. The fourth-order valence-corrected chi connectivity index (χ4v) is 1.23. The van der Waals surface area contributed by atoms with E-state index in [0.29, 0.717) is 5.69 Å². The van der Waals surface area contributed by atoms with Gasteiger partial charge in [-0.15, -0.1) is 0 Å². The molecule has 0 aliphatic heterocycles. The third kappa shape index (κ3) is 2.35. The van der Waals surface area contributed by atoms with Crippen molar-refractivity contribution in [2.45, 2.75) is 19.4 Å². The number of rotatable bonds is 4. The van der Waals surface area contributed by atoms with E-state index in [1.54, 1.807) is 10.6 Å². The molecule has 1 aromatic heterocycles. The maximum Gasteiger partial charge on any atom is 0.268 e. The molecule has 1 heterocycles. The summed E-state index contributed by atoms with van der Waals surface area (Å²) in [4.78, 5) is 11.6. The predicted molar refractivity (Wildman–Crippen MR) is 54.0 cm³/mol. The topological polar surface area (TPSA) is 54.3 Å². The van der Waals surface area contributed by atoms with Gasteiger partial charge in [0.1, 0.15) is 5.69 Å². The van der Waals surface area contributed by atoms with E-state index < -0.39 is 0 Å². The summed E-state index contributed by atoms with van der Waals surface area (Å²) in [5.74, 6) is -0.140. The van der Waals surface area contributed by atoms with Gasteiger partial charge >= 0.3 is 0 Å². The van der Waals surface area contributed by atoms with Crippen LogP contribution in [0.15, 0.2) is 18.3 Å². The molecule has 0 aliphatic rings. The lowest BCUT2D eigenvalue weighted by molar-refractivity contribution is 0.0906. The van der Waals surface area contributed by atoms with Gasteiger partial charge in [0.05, 0.1) is 12.6 Å². The van der Waals surface area contributed by atoms with Gasteiger partial charge in [-0.1, -0.05) is 6.92 Å². The summed E-state index contributed by atoms with van der Waals surface area (Å²) in [6.45, 7) is 1.90. The smallest absolute Gasteiger partial charge is 0.268 e. The number of nitrogens with zero attached hydrogens (tertiary/aromatic N) is 1. The van der Waals surface area contributed by atoms with Crippen LogP contribution in [0.4, 0.5) is 0 Å². The van der Waals surface area contributed by atoms with Crippen molar-refractivity contribution in [3.05, 3.63) is 24.0 Å². The molecular weight excluding hydrogens is 180 g/mol. The van der Waals surface area contributed by atoms with E-state index in [0.717, 1.165) is 6.42 Å². The third-order valence-electron chi connectivity index (χ3n) is 2.22. The lowest BCUT2D eigenvalue weighted by Gasteiger charge is -2.13. The normalized spacial score (nSPS) is 12.5. The molecule has 0 aromatic carbocycles. The highest BCUT2D eigenvalue weighted by Crippen LogP contribution is 2.00. The third-order valence-corrected chi connectivity index (χ3v) is 2.22. The van der Waals surface area contributed by atoms with Crippen molar-refractivity contribution >= 4 is 5.91 Å². The Hall–Kier alpha value is -1.29. The quantitative estimate of drug-likeness (QED) is 0.738. The molecule has 2 N–H and O–H groups in total. The molecule has 0 bridgehead atoms. The summed E-state index contributed by atoms with van der Waals surface area (Å²) < 4.78 is 1.75. The number of hydrogen-bond donors (Lipinski definition) is 2. The lowest BCUT2D eigenvalue weighted by Crippen LogP contribution is -2.37. The predicted octanol–water partition coefficient (Wildman–Crippen LogP) is 0.526. The summed E-state index contributed by atoms with van der Waals surface area (Å²) in [6.07, 6.45) is 2.54. The summed E-state index contributed by atoms with van der Waals surface area (Å²) in [6, 6.07) is 3.41. The molecule has 1 atom stereocenters. The van der Waals surface area contributed by atoms with E-state index in [9.17, 15) is 4.79 Å². The molecule has 1 amide bonds. The van der Waals surface area contributed by atoms with Gasteiger partial charge in [-0.2, -0.15) is 0 Å². The minimum atomic E-state index is -0.155. The molecule has 4 nitrogen and oxygen atoms in total. The zero-order valence-electron chi connectivity index (χ0n) is 8.53. The molecule has 0 aliphatic carbocycles. The van der Waals surface area contributed by atoms with E-state index in [1.807, 2.05) is 26.2 Å². The Labute approximate surface area is 83.5 Å². The molecule has 1 aromatic rings. The second-order valence-electron chi connectivity index (χ2n) is 3.27. The number of nitrogens with one attached hydrogen (secondary N) is 1. The molecule has 0 unspecified atom stereocenters. The Morgan fingerprint density at radius 2 is 2.43 bits per heavy atom. The monoisotopic (exact) mass is 196 g/mol. The second-order valence-corrected chi connectivity index (χ2v) is 3.27. The number of aliphatic hydroxyl groups excluding tert-OH is 1. The van der Waals surface area contributed by atoms with Crippen LogP contribution < -0.4 is 5.32 Å². The Balaban J connectivity index is 2.63. The van der Waals surface area contributed by atoms with Crippen molar-refractivity contribution in [1.82, 2.24) is 9.88 Å². The van der Waals surface area contributed by atoms with Crippen LogP contribution in [0.2, 0.25) is 0 Å². The molecule has 4 heteroatoms. The summed E-state index contributed by atoms with van der Waals surface area (Å²) in [5.41, 5.74) is 0.608. The molecule has 0 spiro atoms.